The molecule has 4 nitrogen and oxygen atoms in total. The van der Waals surface area contributed by atoms with Gasteiger partial charge in [0.05, 0.1) is 6.61 Å². The number of ether oxygens (including phenoxy) is 3. The molecule has 0 aliphatic carbocycles. The molecular weight excluding hydrogens is 244 g/mol. The van der Waals surface area contributed by atoms with Crippen LogP contribution in [-0.2, 0) is 16.0 Å². The highest BCUT2D eigenvalue weighted by molar-refractivity contribution is 5.71. The zero-order valence-electron chi connectivity index (χ0n) is 11.9. The van der Waals surface area contributed by atoms with Gasteiger partial charge in [-0.2, -0.15) is 0 Å². The molecule has 4 heteroatoms. The lowest BCUT2D eigenvalue weighted by Gasteiger charge is -2.17. The SMILES string of the molecule is CCc1c(C)c(OC[C@@H]2CO2)cc(C)c1OC(C)=O. The maximum atomic E-state index is 11.2. The predicted molar refractivity (Wildman–Crippen MR) is 71.8 cm³/mol. The third-order valence-corrected chi connectivity index (χ3v) is 3.23. The van der Waals surface area contributed by atoms with Crippen molar-refractivity contribution in [1.29, 1.82) is 0 Å². The Morgan fingerprint density at radius 3 is 2.68 bits per heavy atom. The first-order valence-electron chi connectivity index (χ1n) is 6.58. The summed E-state index contributed by atoms with van der Waals surface area (Å²) in [5, 5.41) is 0. The Balaban J connectivity index is 2.30. The Morgan fingerprint density at radius 2 is 2.16 bits per heavy atom. The van der Waals surface area contributed by atoms with E-state index in [9.17, 15) is 4.79 Å². The molecular formula is C15H20O4. The Hall–Kier alpha value is -1.55. The van der Waals surface area contributed by atoms with Crippen molar-refractivity contribution in [1.82, 2.24) is 0 Å². The molecule has 1 atom stereocenters. The number of rotatable bonds is 5. The van der Waals surface area contributed by atoms with E-state index in [1.807, 2.05) is 26.8 Å². The fraction of sp³-hybridized carbons (Fsp3) is 0.533. The van der Waals surface area contributed by atoms with Gasteiger partial charge in [-0.05, 0) is 37.5 Å². The van der Waals surface area contributed by atoms with E-state index in [0.717, 1.165) is 35.5 Å². The highest BCUT2D eigenvalue weighted by atomic mass is 16.6. The summed E-state index contributed by atoms with van der Waals surface area (Å²) in [5.74, 6) is 1.22. The second kappa shape index (κ2) is 5.61. The van der Waals surface area contributed by atoms with Crippen molar-refractivity contribution in [3.05, 3.63) is 22.8 Å². The molecule has 1 aliphatic heterocycles. The van der Waals surface area contributed by atoms with Crippen LogP contribution in [0.5, 0.6) is 11.5 Å². The number of hydrogen-bond donors (Lipinski definition) is 0. The van der Waals surface area contributed by atoms with Crippen molar-refractivity contribution in [2.24, 2.45) is 0 Å². The monoisotopic (exact) mass is 264 g/mol. The van der Waals surface area contributed by atoms with Gasteiger partial charge in [-0.3, -0.25) is 4.79 Å². The number of aryl methyl sites for hydroxylation is 1. The number of esters is 1. The fourth-order valence-corrected chi connectivity index (χ4v) is 2.14. The molecule has 2 rings (SSSR count). The van der Waals surface area contributed by atoms with Crippen molar-refractivity contribution in [3.8, 4) is 11.5 Å². The summed E-state index contributed by atoms with van der Waals surface area (Å²) in [7, 11) is 0. The minimum atomic E-state index is -0.294. The summed E-state index contributed by atoms with van der Waals surface area (Å²) >= 11 is 0. The van der Waals surface area contributed by atoms with E-state index in [2.05, 4.69) is 0 Å². The van der Waals surface area contributed by atoms with Gasteiger partial charge in [0.15, 0.2) is 0 Å². The van der Waals surface area contributed by atoms with Crippen LogP contribution in [0.4, 0.5) is 0 Å². The van der Waals surface area contributed by atoms with Gasteiger partial charge in [-0.15, -0.1) is 0 Å². The first kappa shape index (κ1) is 13.9. The molecule has 1 fully saturated rings. The van der Waals surface area contributed by atoms with Gasteiger partial charge in [-0.1, -0.05) is 6.92 Å². The van der Waals surface area contributed by atoms with Crippen LogP contribution >= 0.6 is 0 Å². The average Bonchev–Trinajstić information content (AvgIpc) is 3.15. The molecule has 0 spiro atoms. The topological polar surface area (TPSA) is 48.1 Å². The summed E-state index contributed by atoms with van der Waals surface area (Å²) in [6, 6.07) is 1.93. The van der Waals surface area contributed by atoms with Crippen molar-refractivity contribution in [2.75, 3.05) is 13.2 Å². The first-order valence-corrected chi connectivity index (χ1v) is 6.58. The molecule has 0 N–H and O–H groups in total. The highest BCUT2D eigenvalue weighted by Gasteiger charge is 2.24. The van der Waals surface area contributed by atoms with E-state index in [1.165, 1.54) is 6.92 Å². The number of benzene rings is 1. The van der Waals surface area contributed by atoms with Crippen molar-refractivity contribution >= 4 is 5.97 Å². The van der Waals surface area contributed by atoms with Gasteiger partial charge in [-0.25, -0.2) is 0 Å². The number of hydrogen-bond acceptors (Lipinski definition) is 4. The number of carbonyl (C=O) groups excluding carboxylic acids is 1. The van der Waals surface area contributed by atoms with Crippen molar-refractivity contribution in [3.63, 3.8) is 0 Å². The molecule has 104 valence electrons. The molecule has 0 bridgehead atoms. The molecule has 1 saturated heterocycles. The molecule has 1 heterocycles. The zero-order chi connectivity index (χ0) is 14.0. The van der Waals surface area contributed by atoms with Gasteiger partial charge >= 0.3 is 5.97 Å². The standard InChI is InChI=1S/C15H20O4/c1-5-13-10(3)14(18-8-12-7-17-12)6-9(2)15(13)19-11(4)16/h6,12H,5,7-8H2,1-4H3/t12-/m0/s1. The van der Waals surface area contributed by atoms with Gasteiger partial charge in [0.1, 0.15) is 24.2 Å². The van der Waals surface area contributed by atoms with E-state index >= 15 is 0 Å². The minimum absolute atomic E-state index is 0.234. The van der Waals surface area contributed by atoms with Gasteiger partial charge in [0.25, 0.3) is 0 Å². The smallest absolute Gasteiger partial charge is 0.308 e. The van der Waals surface area contributed by atoms with Crippen molar-refractivity contribution < 1.29 is 19.0 Å². The second-order valence-electron chi connectivity index (χ2n) is 4.84. The average molecular weight is 264 g/mol. The highest BCUT2D eigenvalue weighted by Crippen LogP contribution is 2.34. The molecule has 1 aromatic carbocycles. The van der Waals surface area contributed by atoms with Crippen LogP contribution in [0.2, 0.25) is 0 Å². The van der Waals surface area contributed by atoms with Crippen LogP contribution in [0.15, 0.2) is 6.07 Å². The maximum Gasteiger partial charge on any atom is 0.308 e. The zero-order valence-corrected chi connectivity index (χ0v) is 11.9. The van der Waals surface area contributed by atoms with Crippen LogP contribution in [0, 0.1) is 13.8 Å². The Kier molecular flexibility index (Phi) is 4.10. The van der Waals surface area contributed by atoms with Crippen LogP contribution in [0.3, 0.4) is 0 Å². The maximum absolute atomic E-state index is 11.2. The summed E-state index contributed by atoms with van der Waals surface area (Å²) in [4.78, 5) is 11.2. The summed E-state index contributed by atoms with van der Waals surface area (Å²) in [6.45, 7) is 8.75. The molecule has 0 saturated carbocycles. The third kappa shape index (κ3) is 3.26. The predicted octanol–water partition coefficient (Wildman–Crippen LogP) is 2.57. The Labute approximate surface area is 113 Å². The second-order valence-corrected chi connectivity index (χ2v) is 4.84. The van der Waals surface area contributed by atoms with Gasteiger partial charge < -0.3 is 14.2 Å². The van der Waals surface area contributed by atoms with Crippen molar-refractivity contribution in [2.45, 2.75) is 40.2 Å². The van der Waals surface area contributed by atoms with E-state index in [-0.39, 0.29) is 12.1 Å². The largest absolute Gasteiger partial charge is 0.490 e. The van der Waals surface area contributed by atoms with Crippen LogP contribution in [0.25, 0.3) is 0 Å². The van der Waals surface area contributed by atoms with Crippen LogP contribution in [0.1, 0.15) is 30.5 Å². The van der Waals surface area contributed by atoms with Gasteiger partial charge in [0, 0.05) is 12.5 Å². The third-order valence-electron chi connectivity index (χ3n) is 3.23. The minimum Gasteiger partial charge on any atom is -0.490 e. The van der Waals surface area contributed by atoms with E-state index in [1.54, 1.807) is 0 Å². The quantitative estimate of drug-likeness (QED) is 0.466. The molecule has 0 unspecified atom stereocenters. The van der Waals surface area contributed by atoms with E-state index in [4.69, 9.17) is 14.2 Å². The number of carbonyl (C=O) groups is 1. The first-order chi connectivity index (χ1) is 9.02. The van der Waals surface area contributed by atoms with Crippen LogP contribution in [-0.4, -0.2) is 25.3 Å². The molecule has 0 amide bonds. The van der Waals surface area contributed by atoms with Crippen LogP contribution < -0.4 is 9.47 Å². The molecule has 1 aromatic rings. The van der Waals surface area contributed by atoms with E-state index < -0.39 is 0 Å². The summed E-state index contributed by atoms with van der Waals surface area (Å²) in [6.07, 6.45) is 1.03. The molecule has 0 radical (unpaired) electrons. The molecule has 19 heavy (non-hydrogen) atoms. The van der Waals surface area contributed by atoms with E-state index in [0.29, 0.717) is 12.4 Å². The lowest BCUT2D eigenvalue weighted by atomic mass is 10.0. The Morgan fingerprint density at radius 1 is 1.47 bits per heavy atom. The van der Waals surface area contributed by atoms with Gasteiger partial charge in [0.2, 0.25) is 0 Å². The normalized spacial score (nSPS) is 17.2. The lowest BCUT2D eigenvalue weighted by Crippen LogP contribution is -2.10. The molecule has 1 aliphatic rings. The summed E-state index contributed by atoms with van der Waals surface area (Å²) < 4.78 is 16.2. The Bertz CT molecular complexity index is 489. The lowest BCUT2D eigenvalue weighted by molar-refractivity contribution is -0.131. The summed E-state index contributed by atoms with van der Waals surface area (Å²) in [5.41, 5.74) is 2.98. The fourth-order valence-electron chi connectivity index (χ4n) is 2.14. The molecule has 0 aromatic heterocycles. The number of epoxide rings is 1.